The van der Waals surface area contributed by atoms with Crippen LogP contribution in [0.5, 0.6) is 0 Å². The van der Waals surface area contributed by atoms with Gasteiger partial charge in [-0.25, -0.2) is 15.1 Å². The van der Waals surface area contributed by atoms with Gasteiger partial charge >= 0.3 is 5.97 Å². The van der Waals surface area contributed by atoms with Crippen LogP contribution in [0.3, 0.4) is 0 Å². The molecule has 1 aromatic rings. The first-order valence-electron chi connectivity index (χ1n) is 9.77. The molecule has 0 saturated carbocycles. The number of hydrogen-bond donors (Lipinski definition) is 4. The van der Waals surface area contributed by atoms with E-state index in [2.05, 4.69) is 10.3 Å². The lowest BCUT2D eigenvalue weighted by atomic mass is 10.1. The number of guanidine groups is 1. The van der Waals surface area contributed by atoms with E-state index >= 15 is 0 Å². The van der Waals surface area contributed by atoms with E-state index in [1.54, 1.807) is 17.6 Å². The van der Waals surface area contributed by atoms with Gasteiger partial charge in [0.1, 0.15) is 12.6 Å². The first-order valence-corrected chi connectivity index (χ1v) is 9.77. The van der Waals surface area contributed by atoms with E-state index in [1.807, 2.05) is 18.2 Å². The molecule has 12 heteroatoms. The Kier molecular flexibility index (Phi) is 11.7. The number of nitro groups is 1. The summed E-state index contributed by atoms with van der Waals surface area (Å²) in [6.45, 7) is 0.393. The molecule has 0 aliphatic carbocycles. The molecule has 0 radical (unpaired) electrons. The van der Waals surface area contributed by atoms with Crippen molar-refractivity contribution in [3.63, 3.8) is 0 Å². The number of hydrogen-bond acceptors (Lipinski definition) is 7. The van der Waals surface area contributed by atoms with Crippen LogP contribution in [-0.4, -0.2) is 41.4 Å². The molecule has 1 atom stereocenters. The van der Waals surface area contributed by atoms with Crippen molar-refractivity contribution in [2.24, 2.45) is 16.5 Å². The Hall–Kier alpha value is -3.70. The molecule has 0 fully saturated rings. The number of amides is 2. The Balaban J connectivity index is 2.23. The van der Waals surface area contributed by atoms with Crippen molar-refractivity contribution in [1.82, 2.24) is 10.7 Å². The summed E-state index contributed by atoms with van der Waals surface area (Å²) in [5, 5.41) is 11.8. The van der Waals surface area contributed by atoms with Crippen LogP contribution in [0.1, 0.15) is 44.1 Å². The van der Waals surface area contributed by atoms with Crippen molar-refractivity contribution in [3.05, 3.63) is 46.0 Å². The maximum Gasteiger partial charge on any atom is 0.308 e. The highest BCUT2D eigenvalue weighted by Crippen LogP contribution is 2.06. The highest BCUT2D eigenvalue weighted by atomic mass is 16.7. The van der Waals surface area contributed by atoms with Crippen LogP contribution in [0.4, 0.5) is 0 Å². The van der Waals surface area contributed by atoms with Crippen molar-refractivity contribution >= 4 is 23.7 Å². The third kappa shape index (κ3) is 12.5. The smallest absolute Gasteiger partial charge is 0.308 e. The summed E-state index contributed by atoms with van der Waals surface area (Å²) in [4.78, 5) is 49.4. The van der Waals surface area contributed by atoms with E-state index < -0.39 is 28.9 Å². The van der Waals surface area contributed by atoms with E-state index in [1.165, 1.54) is 0 Å². The molecule has 0 bridgehead atoms. The Labute approximate surface area is 179 Å². The lowest BCUT2D eigenvalue weighted by Gasteiger charge is -2.15. The summed E-state index contributed by atoms with van der Waals surface area (Å²) in [6.07, 6.45) is 2.49. The number of nitrogens with zero attached hydrogens (tertiary/aromatic N) is 2. The van der Waals surface area contributed by atoms with Gasteiger partial charge in [-0.05, 0) is 18.4 Å². The number of unbranched alkanes of at least 4 members (excludes halogenated alkanes) is 3. The monoisotopic (exact) mass is 436 g/mol. The van der Waals surface area contributed by atoms with Crippen LogP contribution < -0.4 is 22.2 Å². The van der Waals surface area contributed by atoms with E-state index in [-0.39, 0.29) is 25.4 Å². The quantitative estimate of drug-likeness (QED) is 0.0789. The van der Waals surface area contributed by atoms with Crippen molar-refractivity contribution in [3.8, 4) is 0 Å². The highest BCUT2D eigenvalue weighted by molar-refractivity contribution is 5.89. The zero-order valence-corrected chi connectivity index (χ0v) is 17.1. The third-order valence-electron chi connectivity index (χ3n) is 4.09. The van der Waals surface area contributed by atoms with Crippen LogP contribution in [0.15, 0.2) is 35.3 Å². The van der Waals surface area contributed by atoms with E-state index in [4.69, 9.17) is 16.2 Å². The predicted octanol–water partition coefficient (Wildman–Crippen LogP) is 0.137. The molecule has 0 saturated heterocycles. The largest absolute Gasteiger partial charge is 0.461 e. The minimum Gasteiger partial charge on any atom is -0.461 e. The average Bonchev–Trinajstić information content (AvgIpc) is 2.71. The van der Waals surface area contributed by atoms with Gasteiger partial charge in [0.15, 0.2) is 5.03 Å². The number of benzene rings is 1. The topological polar surface area (TPSA) is 192 Å². The molecule has 1 rings (SSSR count). The fraction of sp³-hybridized carbons (Fsp3) is 0.474. The minimum absolute atomic E-state index is 0.0664. The molecule has 0 aliphatic rings. The highest BCUT2D eigenvalue weighted by Gasteiger charge is 2.22. The summed E-state index contributed by atoms with van der Waals surface area (Å²) in [5.74, 6) is -2.11. The second kappa shape index (κ2) is 14.3. The lowest BCUT2D eigenvalue weighted by molar-refractivity contribution is -0.525. The lowest BCUT2D eigenvalue weighted by Crippen LogP contribution is -2.45. The summed E-state index contributed by atoms with van der Waals surface area (Å²) < 4.78 is 5.11. The number of carbonyl (C=O) groups excluding carboxylic acids is 3. The molecule has 2 amide bonds. The summed E-state index contributed by atoms with van der Waals surface area (Å²) in [5.41, 5.74) is 13.1. The molecule has 0 aliphatic heterocycles. The van der Waals surface area contributed by atoms with Crippen LogP contribution in [-0.2, 0) is 25.7 Å². The second-order valence-corrected chi connectivity index (χ2v) is 6.67. The summed E-state index contributed by atoms with van der Waals surface area (Å²) >= 11 is 0. The van der Waals surface area contributed by atoms with Crippen LogP contribution >= 0.6 is 0 Å². The molecule has 170 valence electrons. The van der Waals surface area contributed by atoms with Crippen LogP contribution in [0.25, 0.3) is 0 Å². The van der Waals surface area contributed by atoms with Crippen LogP contribution in [0, 0.1) is 10.1 Å². The zero-order valence-electron chi connectivity index (χ0n) is 17.1. The number of rotatable bonds is 14. The molecule has 0 aromatic heterocycles. The number of esters is 1. The Morgan fingerprint density at radius 2 is 1.77 bits per heavy atom. The molecular weight excluding hydrogens is 408 g/mol. The van der Waals surface area contributed by atoms with Crippen molar-refractivity contribution in [2.75, 3.05) is 6.54 Å². The Bertz CT molecular complexity index is 770. The van der Waals surface area contributed by atoms with Gasteiger partial charge in [-0.1, -0.05) is 48.6 Å². The van der Waals surface area contributed by atoms with E-state index in [0.717, 1.165) is 12.0 Å². The van der Waals surface area contributed by atoms with Crippen molar-refractivity contribution < 1.29 is 24.2 Å². The minimum atomic E-state index is -1.14. The molecule has 6 N–H and O–H groups in total. The standard InChI is InChI=1S/C19H28N6O6/c20-18(28)15(12-17(27)31-13-14-8-4-3-5-9-14)23-16(26)10-6-1-2-7-11-22-19(21)24-25(29)30/h3-5,8-9,15H,1-2,6-7,10-13H2,(H2,20,28)(H,23,26)(H3,21,22,24)/t15-/m0/s1. The SMILES string of the molecule is NC(=O)[C@H](CC(=O)OCc1ccccc1)NC(=O)CCCCCCN=C(N)N[N+](=O)[O-]. The van der Waals surface area contributed by atoms with Gasteiger partial charge < -0.3 is 21.5 Å². The molecule has 0 heterocycles. The van der Waals surface area contributed by atoms with Gasteiger partial charge in [0.05, 0.1) is 6.42 Å². The fourth-order valence-electron chi connectivity index (χ4n) is 2.53. The van der Waals surface area contributed by atoms with E-state index in [0.29, 0.717) is 25.8 Å². The normalized spacial score (nSPS) is 11.9. The average molecular weight is 436 g/mol. The molecular formula is C19H28N6O6. The van der Waals surface area contributed by atoms with Crippen LogP contribution in [0.2, 0.25) is 0 Å². The summed E-state index contributed by atoms with van der Waals surface area (Å²) in [7, 11) is 0. The number of aliphatic imine (C=N–C) groups is 1. The first kappa shape index (κ1) is 25.3. The van der Waals surface area contributed by atoms with Gasteiger partial charge in [-0.2, -0.15) is 0 Å². The number of carbonyl (C=O) groups is 3. The molecule has 12 nitrogen and oxygen atoms in total. The van der Waals surface area contributed by atoms with Crippen molar-refractivity contribution in [2.45, 2.75) is 51.2 Å². The maximum atomic E-state index is 12.0. The van der Waals surface area contributed by atoms with E-state index in [9.17, 15) is 24.5 Å². The Morgan fingerprint density at radius 1 is 1.10 bits per heavy atom. The number of ether oxygens (including phenoxy) is 1. The number of nitrogens with one attached hydrogen (secondary N) is 2. The zero-order chi connectivity index (χ0) is 23.1. The predicted molar refractivity (Wildman–Crippen MR) is 112 cm³/mol. The second-order valence-electron chi connectivity index (χ2n) is 6.67. The first-order chi connectivity index (χ1) is 14.8. The molecule has 0 spiro atoms. The van der Waals surface area contributed by atoms with Gasteiger partial charge in [-0.3, -0.25) is 14.4 Å². The van der Waals surface area contributed by atoms with Gasteiger partial charge in [0.2, 0.25) is 11.8 Å². The number of hydrazine groups is 1. The van der Waals surface area contributed by atoms with Crippen molar-refractivity contribution in [1.29, 1.82) is 0 Å². The van der Waals surface area contributed by atoms with Gasteiger partial charge in [-0.15, -0.1) is 0 Å². The maximum absolute atomic E-state index is 12.0. The number of nitrogens with two attached hydrogens (primary N) is 2. The molecule has 0 unspecified atom stereocenters. The van der Waals surface area contributed by atoms with Gasteiger partial charge in [0.25, 0.3) is 5.96 Å². The number of primary amides is 1. The summed E-state index contributed by atoms with van der Waals surface area (Å²) in [6, 6.07) is 7.92. The third-order valence-corrected chi connectivity index (χ3v) is 4.09. The molecule has 31 heavy (non-hydrogen) atoms. The molecule has 1 aromatic carbocycles. The van der Waals surface area contributed by atoms with Gasteiger partial charge in [0, 0.05) is 13.0 Å². The fourth-order valence-corrected chi connectivity index (χ4v) is 2.53. The Morgan fingerprint density at radius 3 is 2.42 bits per heavy atom.